The lowest BCUT2D eigenvalue weighted by molar-refractivity contribution is 0.0696. The van der Waals surface area contributed by atoms with E-state index in [4.69, 9.17) is 0 Å². The van der Waals surface area contributed by atoms with Crippen molar-refractivity contribution in [3.05, 3.63) is 89.2 Å². The second kappa shape index (κ2) is 9.74. The molecule has 7 heteroatoms. The molecule has 35 heavy (non-hydrogen) atoms. The number of carbonyl (C=O) groups excluding carboxylic acids is 2. The van der Waals surface area contributed by atoms with Gasteiger partial charge >= 0.3 is 0 Å². The van der Waals surface area contributed by atoms with E-state index < -0.39 is 10.8 Å². The van der Waals surface area contributed by atoms with Crippen LogP contribution in [0.15, 0.2) is 76.5 Å². The summed E-state index contributed by atoms with van der Waals surface area (Å²) in [5, 5.41) is 0. The van der Waals surface area contributed by atoms with Gasteiger partial charge in [0.1, 0.15) is 5.82 Å². The summed E-state index contributed by atoms with van der Waals surface area (Å²) in [7, 11) is 0.238. The summed E-state index contributed by atoms with van der Waals surface area (Å²) in [6, 6.07) is 18.1. The minimum Gasteiger partial charge on any atom is -0.339 e. The molecule has 1 fully saturated rings. The summed E-state index contributed by atoms with van der Waals surface area (Å²) in [4.78, 5) is 31.4. The van der Waals surface area contributed by atoms with Crippen LogP contribution < -0.4 is 4.90 Å². The maximum absolute atomic E-state index is 13.7. The van der Waals surface area contributed by atoms with Crippen LogP contribution in [0.25, 0.3) is 0 Å². The van der Waals surface area contributed by atoms with Gasteiger partial charge in [0, 0.05) is 18.7 Å². The predicted molar refractivity (Wildman–Crippen MR) is 133 cm³/mol. The number of rotatable bonds is 4. The number of fused-ring (bicyclic) bond motifs is 2. The topological polar surface area (TPSA) is 57.7 Å². The van der Waals surface area contributed by atoms with Crippen molar-refractivity contribution in [3.8, 4) is 0 Å². The number of benzene rings is 3. The summed E-state index contributed by atoms with van der Waals surface area (Å²) in [6.07, 6.45) is 5.40. The van der Waals surface area contributed by atoms with Crippen LogP contribution in [0.2, 0.25) is 0 Å². The van der Waals surface area contributed by atoms with Crippen molar-refractivity contribution in [2.75, 3.05) is 11.9 Å². The van der Waals surface area contributed by atoms with Gasteiger partial charge in [0.15, 0.2) is 0 Å². The van der Waals surface area contributed by atoms with Crippen molar-refractivity contribution >= 4 is 28.3 Å². The van der Waals surface area contributed by atoms with E-state index in [-0.39, 0.29) is 30.2 Å². The van der Waals surface area contributed by atoms with E-state index in [1.54, 1.807) is 64.4 Å². The number of amides is 2. The molecule has 1 unspecified atom stereocenters. The van der Waals surface area contributed by atoms with E-state index in [2.05, 4.69) is 0 Å². The Hall–Kier alpha value is -3.32. The molecular formula is C28H27FN2O3S. The van der Waals surface area contributed by atoms with Crippen LogP contribution in [-0.4, -0.2) is 34.0 Å². The number of halogens is 1. The predicted octanol–water partition coefficient (Wildman–Crippen LogP) is 5.56. The van der Waals surface area contributed by atoms with Gasteiger partial charge in [-0.05, 0) is 60.9 Å². The first-order chi connectivity index (χ1) is 16.9. The Morgan fingerprint density at radius 3 is 2.46 bits per heavy atom. The fraction of sp³-hybridized carbons (Fsp3) is 0.286. The van der Waals surface area contributed by atoms with Crippen molar-refractivity contribution in [2.24, 2.45) is 0 Å². The zero-order valence-electron chi connectivity index (χ0n) is 19.6. The van der Waals surface area contributed by atoms with Crippen LogP contribution in [0.1, 0.15) is 58.4 Å². The van der Waals surface area contributed by atoms with Crippen molar-refractivity contribution in [3.63, 3.8) is 0 Å². The molecule has 2 aliphatic rings. The van der Waals surface area contributed by atoms with Gasteiger partial charge in [-0.1, -0.05) is 43.5 Å². The zero-order chi connectivity index (χ0) is 24.5. The Morgan fingerprint density at radius 2 is 1.71 bits per heavy atom. The van der Waals surface area contributed by atoms with Gasteiger partial charge in [-0.15, -0.1) is 0 Å². The third kappa shape index (κ3) is 4.52. The van der Waals surface area contributed by atoms with Crippen LogP contribution in [0.4, 0.5) is 10.1 Å². The number of hydrogen-bond donors (Lipinski definition) is 0. The van der Waals surface area contributed by atoms with Crippen LogP contribution in [0.5, 0.6) is 0 Å². The van der Waals surface area contributed by atoms with Gasteiger partial charge in [0.25, 0.3) is 11.8 Å². The fourth-order valence-electron chi connectivity index (χ4n) is 4.96. The van der Waals surface area contributed by atoms with Gasteiger partial charge in [0.05, 0.1) is 38.4 Å². The SMILES string of the molecule is CN(C(=O)c1ccc2c(c1)N(Cc1ccc(F)cc1)C(=O)c1ccccc1S2=O)C1CCCCC1. The maximum atomic E-state index is 13.7. The van der Waals surface area contributed by atoms with E-state index in [0.717, 1.165) is 31.2 Å². The van der Waals surface area contributed by atoms with E-state index in [0.29, 0.717) is 26.6 Å². The molecule has 0 aromatic heterocycles. The highest BCUT2D eigenvalue weighted by Gasteiger charge is 2.32. The highest BCUT2D eigenvalue weighted by Crippen LogP contribution is 2.36. The number of hydrogen-bond acceptors (Lipinski definition) is 3. The molecule has 0 N–H and O–H groups in total. The first kappa shape index (κ1) is 23.4. The van der Waals surface area contributed by atoms with E-state index in [1.165, 1.54) is 18.6 Å². The molecule has 3 aromatic rings. The number of carbonyl (C=O) groups is 2. The second-order valence-electron chi connectivity index (χ2n) is 9.17. The van der Waals surface area contributed by atoms with Crippen molar-refractivity contribution in [1.29, 1.82) is 0 Å². The second-order valence-corrected chi connectivity index (χ2v) is 10.6. The minimum absolute atomic E-state index is 0.110. The molecule has 5 rings (SSSR count). The van der Waals surface area contributed by atoms with Gasteiger partial charge in [0.2, 0.25) is 0 Å². The van der Waals surface area contributed by atoms with Gasteiger partial charge in [-0.2, -0.15) is 0 Å². The molecule has 1 saturated carbocycles. The maximum Gasteiger partial charge on any atom is 0.259 e. The Kier molecular flexibility index (Phi) is 6.52. The van der Waals surface area contributed by atoms with Crippen molar-refractivity contribution < 1.29 is 18.2 Å². The van der Waals surface area contributed by atoms with E-state index in [9.17, 15) is 18.2 Å². The van der Waals surface area contributed by atoms with Gasteiger partial charge in [-0.25, -0.2) is 8.60 Å². The molecule has 2 amide bonds. The average molecular weight is 491 g/mol. The molecule has 5 nitrogen and oxygen atoms in total. The summed E-state index contributed by atoms with van der Waals surface area (Å²) in [5.74, 6) is -0.773. The Bertz CT molecular complexity index is 1300. The lowest BCUT2D eigenvalue weighted by Crippen LogP contribution is -2.38. The molecule has 1 aliphatic heterocycles. The molecular weight excluding hydrogens is 463 g/mol. The monoisotopic (exact) mass is 490 g/mol. The molecule has 1 heterocycles. The number of anilines is 1. The Labute approximate surface area is 207 Å². The fourth-order valence-corrected chi connectivity index (χ4v) is 6.31. The molecule has 0 bridgehead atoms. The van der Waals surface area contributed by atoms with Crippen molar-refractivity contribution in [2.45, 2.75) is 54.5 Å². The normalized spacial score (nSPS) is 17.9. The summed E-state index contributed by atoms with van der Waals surface area (Å²) < 4.78 is 27.1. The highest BCUT2D eigenvalue weighted by molar-refractivity contribution is 7.85. The summed E-state index contributed by atoms with van der Waals surface area (Å²) in [6.45, 7) is 0.160. The molecule has 0 spiro atoms. The lowest BCUT2D eigenvalue weighted by Gasteiger charge is -2.31. The number of nitrogens with zero attached hydrogens (tertiary/aromatic N) is 2. The van der Waals surface area contributed by atoms with Crippen molar-refractivity contribution in [1.82, 2.24) is 4.90 Å². The van der Waals surface area contributed by atoms with Crippen LogP contribution >= 0.6 is 0 Å². The zero-order valence-corrected chi connectivity index (χ0v) is 20.4. The quantitative estimate of drug-likeness (QED) is 0.481. The van der Waals surface area contributed by atoms with Crippen LogP contribution in [0.3, 0.4) is 0 Å². The molecule has 0 radical (unpaired) electrons. The lowest BCUT2D eigenvalue weighted by atomic mass is 9.94. The third-order valence-corrected chi connectivity index (χ3v) is 8.46. The highest BCUT2D eigenvalue weighted by atomic mass is 32.2. The Balaban J connectivity index is 1.58. The molecule has 3 aromatic carbocycles. The smallest absolute Gasteiger partial charge is 0.259 e. The van der Waals surface area contributed by atoms with E-state index in [1.807, 2.05) is 7.05 Å². The first-order valence-electron chi connectivity index (χ1n) is 11.9. The summed E-state index contributed by atoms with van der Waals surface area (Å²) in [5.41, 5.74) is 1.98. The first-order valence-corrected chi connectivity index (χ1v) is 13.1. The third-order valence-electron chi connectivity index (χ3n) is 6.96. The average Bonchev–Trinajstić information content (AvgIpc) is 2.99. The van der Waals surface area contributed by atoms with E-state index >= 15 is 0 Å². The molecule has 1 atom stereocenters. The Morgan fingerprint density at radius 1 is 1.00 bits per heavy atom. The van der Waals surface area contributed by atoms with Gasteiger partial charge < -0.3 is 9.80 Å². The van der Waals surface area contributed by atoms with Crippen LogP contribution in [-0.2, 0) is 17.3 Å². The minimum atomic E-state index is -1.59. The standard InChI is InChI=1S/C28H27FN2O3S/c1-30(22-7-3-2-4-8-22)27(32)20-13-16-26-24(17-20)31(18-19-11-14-21(29)15-12-19)28(33)23-9-5-6-10-25(23)35(26)34/h5-6,9-17,22H,2-4,7-8,18H2,1H3. The molecule has 1 aliphatic carbocycles. The summed E-state index contributed by atoms with van der Waals surface area (Å²) >= 11 is 0. The molecule has 180 valence electrons. The molecule has 0 saturated heterocycles. The largest absolute Gasteiger partial charge is 0.339 e. The van der Waals surface area contributed by atoms with Crippen LogP contribution in [0, 0.1) is 5.82 Å². The van der Waals surface area contributed by atoms with Gasteiger partial charge in [-0.3, -0.25) is 9.59 Å².